The quantitative estimate of drug-likeness (QED) is 0.812. The van der Waals surface area contributed by atoms with Gasteiger partial charge < -0.3 is 15.7 Å². The molecule has 1 heterocycles. The van der Waals surface area contributed by atoms with Crippen molar-refractivity contribution < 1.29 is 5.11 Å². The van der Waals surface area contributed by atoms with Crippen LogP contribution in [0.5, 0.6) is 0 Å². The number of hydrogen-bond acceptors (Lipinski definition) is 3. The highest BCUT2D eigenvalue weighted by atomic mass is 35.5. The summed E-state index contributed by atoms with van der Waals surface area (Å²) in [5.41, 5.74) is 6.17. The van der Waals surface area contributed by atoms with Crippen LogP contribution in [0.15, 0.2) is 12.1 Å². The fraction of sp³-hybridized carbons (Fsp3) is 0.455. The second-order valence-corrected chi connectivity index (χ2v) is 5.03. The number of benzene rings is 1. The van der Waals surface area contributed by atoms with Crippen molar-refractivity contribution in [2.24, 2.45) is 5.73 Å². The second-order valence-electron chi connectivity index (χ2n) is 4.19. The first-order valence-corrected chi connectivity index (χ1v) is 5.86. The number of hydrogen-bond donors (Lipinski definition) is 2. The standard InChI is InChI=1S/C11H14Cl2N2O/c1-15-3-2-11(16,6-14)8-4-7(12)5-9(13)10(8)15/h4-5,16H,2-3,6,14H2,1H3. The second kappa shape index (κ2) is 4.08. The zero-order valence-electron chi connectivity index (χ0n) is 9.00. The van der Waals surface area contributed by atoms with E-state index in [-0.39, 0.29) is 6.54 Å². The Morgan fingerprint density at radius 1 is 1.50 bits per heavy atom. The first kappa shape index (κ1) is 12.0. The van der Waals surface area contributed by atoms with Gasteiger partial charge in [0.25, 0.3) is 0 Å². The molecule has 0 amide bonds. The van der Waals surface area contributed by atoms with Gasteiger partial charge in [-0.1, -0.05) is 23.2 Å². The Morgan fingerprint density at radius 3 is 2.81 bits per heavy atom. The molecule has 0 spiro atoms. The van der Waals surface area contributed by atoms with Crippen LogP contribution in [0.2, 0.25) is 10.0 Å². The lowest BCUT2D eigenvalue weighted by atomic mass is 9.85. The summed E-state index contributed by atoms with van der Waals surface area (Å²) in [6.07, 6.45) is 0.587. The Balaban J connectivity index is 2.66. The van der Waals surface area contributed by atoms with Crippen molar-refractivity contribution in [1.82, 2.24) is 0 Å². The van der Waals surface area contributed by atoms with Crippen molar-refractivity contribution >= 4 is 28.9 Å². The van der Waals surface area contributed by atoms with E-state index in [1.165, 1.54) is 0 Å². The highest BCUT2D eigenvalue weighted by molar-refractivity contribution is 6.36. The molecule has 0 bridgehead atoms. The van der Waals surface area contributed by atoms with Gasteiger partial charge in [0, 0.05) is 30.7 Å². The molecule has 5 heteroatoms. The van der Waals surface area contributed by atoms with Crippen LogP contribution in [0.3, 0.4) is 0 Å². The normalized spacial score (nSPS) is 24.4. The third-order valence-corrected chi connectivity index (χ3v) is 3.62. The predicted octanol–water partition coefficient (Wildman–Crippen LogP) is 1.98. The van der Waals surface area contributed by atoms with Crippen LogP contribution in [0.25, 0.3) is 0 Å². The average Bonchev–Trinajstić information content (AvgIpc) is 2.23. The molecule has 1 aliphatic rings. The van der Waals surface area contributed by atoms with Gasteiger partial charge in [0.1, 0.15) is 5.60 Å². The molecule has 0 radical (unpaired) electrons. The van der Waals surface area contributed by atoms with Crippen molar-refractivity contribution in [2.75, 3.05) is 25.0 Å². The molecule has 0 saturated carbocycles. The van der Waals surface area contributed by atoms with Crippen LogP contribution in [0.4, 0.5) is 5.69 Å². The smallest absolute Gasteiger partial charge is 0.106 e. The molecule has 0 aliphatic carbocycles. The Bertz CT molecular complexity index is 425. The topological polar surface area (TPSA) is 49.5 Å². The Morgan fingerprint density at radius 2 is 2.19 bits per heavy atom. The van der Waals surface area contributed by atoms with E-state index in [0.29, 0.717) is 16.5 Å². The van der Waals surface area contributed by atoms with E-state index >= 15 is 0 Å². The van der Waals surface area contributed by atoms with Gasteiger partial charge in [-0.2, -0.15) is 0 Å². The Hall–Kier alpha value is -0.480. The molecule has 1 aromatic carbocycles. The van der Waals surface area contributed by atoms with Crippen LogP contribution in [-0.4, -0.2) is 25.2 Å². The lowest BCUT2D eigenvalue weighted by Gasteiger charge is -2.39. The van der Waals surface area contributed by atoms with Gasteiger partial charge >= 0.3 is 0 Å². The lowest BCUT2D eigenvalue weighted by Crippen LogP contribution is -2.43. The van der Waals surface area contributed by atoms with Gasteiger partial charge in [0.15, 0.2) is 0 Å². The van der Waals surface area contributed by atoms with Crippen molar-refractivity contribution in [1.29, 1.82) is 0 Å². The van der Waals surface area contributed by atoms with Gasteiger partial charge in [-0.05, 0) is 18.6 Å². The van der Waals surface area contributed by atoms with Crippen molar-refractivity contribution in [3.8, 4) is 0 Å². The molecule has 1 unspecified atom stereocenters. The van der Waals surface area contributed by atoms with Crippen LogP contribution in [-0.2, 0) is 5.60 Å². The fourth-order valence-electron chi connectivity index (χ4n) is 2.12. The third-order valence-electron chi connectivity index (χ3n) is 3.11. The van der Waals surface area contributed by atoms with Gasteiger partial charge in [-0.25, -0.2) is 0 Å². The van der Waals surface area contributed by atoms with E-state index in [2.05, 4.69) is 0 Å². The summed E-state index contributed by atoms with van der Waals surface area (Å²) in [6.45, 7) is 0.895. The van der Waals surface area contributed by atoms with E-state index in [0.717, 1.165) is 17.8 Å². The van der Waals surface area contributed by atoms with E-state index in [1.807, 2.05) is 11.9 Å². The van der Waals surface area contributed by atoms with Gasteiger partial charge in [0.05, 0.1) is 10.7 Å². The molecule has 0 saturated heterocycles. The molecular weight excluding hydrogens is 247 g/mol. The first-order chi connectivity index (χ1) is 7.48. The van der Waals surface area contributed by atoms with Crippen LogP contribution < -0.4 is 10.6 Å². The number of aliphatic hydroxyl groups is 1. The van der Waals surface area contributed by atoms with Crippen LogP contribution in [0.1, 0.15) is 12.0 Å². The largest absolute Gasteiger partial charge is 0.384 e. The number of halogens is 2. The molecule has 0 fully saturated rings. The summed E-state index contributed by atoms with van der Waals surface area (Å²) >= 11 is 12.1. The maximum Gasteiger partial charge on any atom is 0.106 e. The highest BCUT2D eigenvalue weighted by Gasteiger charge is 2.36. The summed E-state index contributed by atoms with van der Waals surface area (Å²) in [5, 5.41) is 11.5. The summed E-state index contributed by atoms with van der Waals surface area (Å²) in [5.74, 6) is 0. The van der Waals surface area contributed by atoms with Crippen molar-refractivity contribution in [3.05, 3.63) is 27.7 Å². The molecule has 16 heavy (non-hydrogen) atoms. The van der Waals surface area contributed by atoms with Crippen molar-refractivity contribution in [3.63, 3.8) is 0 Å². The van der Waals surface area contributed by atoms with Crippen LogP contribution in [0, 0.1) is 0 Å². The Kier molecular flexibility index (Phi) is 3.05. The SMILES string of the molecule is CN1CCC(O)(CN)c2cc(Cl)cc(Cl)c21. The van der Waals surface area contributed by atoms with E-state index in [1.54, 1.807) is 12.1 Å². The predicted molar refractivity (Wildman–Crippen MR) is 67.3 cm³/mol. The van der Waals surface area contributed by atoms with E-state index < -0.39 is 5.60 Å². The minimum absolute atomic E-state index is 0.171. The summed E-state index contributed by atoms with van der Waals surface area (Å²) in [4.78, 5) is 2.01. The maximum atomic E-state index is 10.4. The molecule has 1 aromatic rings. The average molecular weight is 261 g/mol. The molecular formula is C11H14Cl2N2O. The highest BCUT2D eigenvalue weighted by Crippen LogP contribution is 2.42. The van der Waals surface area contributed by atoms with E-state index in [9.17, 15) is 5.11 Å². The van der Waals surface area contributed by atoms with E-state index in [4.69, 9.17) is 28.9 Å². The lowest BCUT2D eigenvalue weighted by molar-refractivity contribution is 0.0351. The molecule has 2 rings (SSSR count). The summed E-state index contributed by atoms with van der Waals surface area (Å²) < 4.78 is 0. The third kappa shape index (κ3) is 1.78. The minimum Gasteiger partial charge on any atom is -0.384 e. The minimum atomic E-state index is -1.02. The molecule has 88 valence electrons. The fourth-order valence-corrected chi connectivity index (χ4v) is 2.76. The molecule has 0 aromatic heterocycles. The first-order valence-electron chi connectivity index (χ1n) is 5.11. The van der Waals surface area contributed by atoms with Gasteiger partial charge in [0.2, 0.25) is 0 Å². The van der Waals surface area contributed by atoms with Crippen LogP contribution >= 0.6 is 23.2 Å². The van der Waals surface area contributed by atoms with Crippen molar-refractivity contribution in [2.45, 2.75) is 12.0 Å². The molecule has 3 nitrogen and oxygen atoms in total. The maximum absolute atomic E-state index is 10.4. The van der Waals surface area contributed by atoms with Gasteiger partial charge in [-0.15, -0.1) is 0 Å². The van der Waals surface area contributed by atoms with Gasteiger partial charge in [-0.3, -0.25) is 0 Å². The number of anilines is 1. The number of rotatable bonds is 1. The number of nitrogens with zero attached hydrogens (tertiary/aromatic N) is 1. The zero-order chi connectivity index (χ0) is 11.9. The number of nitrogens with two attached hydrogens (primary N) is 1. The molecule has 3 N–H and O–H groups in total. The zero-order valence-corrected chi connectivity index (χ0v) is 10.5. The molecule has 1 aliphatic heterocycles. The molecule has 1 atom stereocenters. The summed E-state index contributed by atoms with van der Waals surface area (Å²) in [6, 6.07) is 3.42. The Labute approximate surface area is 105 Å². The number of fused-ring (bicyclic) bond motifs is 1. The summed E-state index contributed by atoms with van der Waals surface area (Å²) in [7, 11) is 1.94. The monoisotopic (exact) mass is 260 g/mol.